The first-order chi connectivity index (χ1) is 14.4. The Morgan fingerprint density at radius 3 is 2.30 bits per heavy atom. The van der Waals surface area contributed by atoms with E-state index < -0.39 is 5.97 Å². The van der Waals surface area contributed by atoms with Crippen molar-refractivity contribution in [3.8, 4) is 5.75 Å². The maximum Gasteiger partial charge on any atom is 0.337 e. The Balaban J connectivity index is 1.91. The van der Waals surface area contributed by atoms with Crippen molar-refractivity contribution in [1.82, 2.24) is 4.90 Å². The molecule has 30 heavy (non-hydrogen) atoms. The molecule has 0 unspecified atom stereocenters. The highest BCUT2D eigenvalue weighted by atomic mass is 16.5. The fraction of sp³-hybridized carbons (Fsp3) is 0.318. The van der Waals surface area contributed by atoms with E-state index in [9.17, 15) is 14.4 Å². The zero-order valence-electron chi connectivity index (χ0n) is 17.3. The van der Waals surface area contributed by atoms with Gasteiger partial charge in [-0.15, -0.1) is 0 Å². The average molecular weight is 411 g/mol. The van der Waals surface area contributed by atoms with Gasteiger partial charge in [0.05, 0.1) is 36.7 Å². The number of nitrogens with zero attached hydrogens (tertiary/aromatic N) is 2. The molecule has 158 valence electrons. The van der Waals surface area contributed by atoms with E-state index in [1.54, 1.807) is 54.3 Å². The van der Waals surface area contributed by atoms with Gasteiger partial charge in [0.1, 0.15) is 5.75 Å². The van der Waals surface area contributed by atoms with E-state index in [2.05, 4.69) is 10.2 Å². The van der Waals surface area contributed by atoms with Crippen molar-refractivity contribution in [3.63, 3.8) is 0 Å². The number of rotatable bonds is 5. The van der Waals surface area contributed by atoms with Gasteiger partial charge >= 0.3 is 5.97 Å². The van der Waals surface area contributed by atoms with E-state index >= 15 is 0 Å². The van der Waals surface area contributed by atoms with Gasteiger partial charge in [0, 0.05) is 33.1 Å². The summed E-state index contributed by atoms with van der Waals surface area (Å²) in [7, 11) is 2.81. The molecule has 8 nitrogen and oxygen atoms in total. The molecular formula is C22H25N3O5. The molecule has 1 fully saturated rings. The van der Waals surface area contributed by atoms with Crippen LogP contribution in [0.4, 0.5) is 11.4 Å². The zero-order chi connectivity index (χ0) is 21.7. The summed E-state index contributed by atoms with van der Waals surface area (Å²) in [4.78, 5) is 40.4. The minimum Gasteiger partial charge on any atom is -0.496 e. The molecule has 0 atom stereocenters. The van der Waals surface area contributed by atoms with Gasteiger partial charge in [-0.2, -0.15) is 0 Å². The summed E-state index contributed by atoms with van der Waals surface area (Å²) in [5, 5.41) is 2.90. The molecule has 0 radical (unpaired) electrons. The molecule has 0 bridgehead atoms. The minimum absolute atomic E-state index is 0.0420. The molecule has 1 heterocycles. The van der Waals surface area contributed by atoms with E-state index in [1.165, 1.54) is 14.2 Å². The van der Waals surface area contributed by atoms with Gasteiger partial charge < -0.3 is 24.6 Å². The van der Waals surface area contributed by atoms with E-state index in [4.69, 9.17) is 9.47 Å². The Hall–Kier alpha value is -3.55. The first kappa shape index (κ1) is 21.2. The van der Waals surface area contributed by atoms with Crippen molar-refractivity contribution in [3.05, 3.63) is 53.6 Å². The number of methoxy groups -OCH3 is 2. The fourth-order valence-electron chi connectivity index (χ4n) is 3.44. The molecule has 0 aromatic heterocycles. The fourth-order valence-corrected chi connectivity index (χ4v) is 3.44. The largest absolute Gasteiger partial charge is 0.496 e. The van der Waals surface area contributed by atoms with E-state index in [-0.39, 0.29) is 11.8 Å². The lowest BCUT2D eigenvalue weighted by Crippen LogP contribution is -2.48. The van der Waals surface area contributed by atoms with Gasteiger partial charge in [0.15, 0.2) is 0 Å². The van der Waals surface area contributed by atoms with Crippen LogP contribution < -0.4 is 15.0 Å². The van der Waals surface area contributed by atoms with E-state index in [0.717, 1.165) is 5.69 Å². The van der Waals surface area contributed by atoms with Crippen LogP contribution in [-0.2, 0) is 9.53 Å². The molecular weight excluding hydrogens is 386 g/mol. The molecule has 2 amide bonds. The third-order valence-corrected chi connectivity index (χ3v) is 5.08. The van der Waals surface area contributed by atoms with Crippen LogP contribution in [0, 0.1) is 0 Å². The number of anilines is 2. The molecule has 0 spiro atoms. The normalized spacial score (nSPS) is 13.6. The molecule has 2 aromatic rings. The minimum atomic E-state index is -0.490. The van der Waals surface area contributed by atoms with Crippen molar-refractivity contribution in [2.75, 3.05) is 50.6 Å². The second-order valence-corrected chi connectivity index (χ2v) is 6.87. The first-order valence-corrected chi connectivity index (χ1v) is 9.61. The quantitative estimate of drug-likeness (QED) is 0.761. The number of benzene rings is 2. The third-order valence-electron chi connectivity index (χ3n) is 5.08. The summed E-state index contributed by atoms with van der Waals surface area (Å²) in [6.45, 7) is 3.98. The second-order valence-electron chi connectivity index (χ2n) is 6.87. The lowest BCUT2D eigenvalue weighted by molar-refractivity contribution is -0.129. The van der Waals surface area contributed by atoms with Crippen LogP contribution in [0.2, 0.25) is 0 Å². The van der Waals surface area contributed by atoms with Gasteiger partial charge in [-0.3, -0.25) is 9.59 Å². The number of carbonyl (C=O) groups excluding carboxylic acids is 3. The number of piperazine rings is 1. The van der Waals surface area contributed by atoms with Gasteiger partial charge in [-0.1, -0.05) is 12.1 Å². The molecule has 3 rings (SSSR count). The summed E-state index contributed by atoms with van der Waals surface area (Å²) >= 11 is 0. The Morgan fingerprint density at radius 2 is 1.67 bits per heavy atom. The molecule has 1 aliphatic heterocycles. The number of hydrogen-bond donors (Lipinski definition) is 1. The van der Waals surface area contributed by atoms with Gasteiger partial charge in [0.2, 0.25) is 5.91 Å². The Morgan fingerprint density at radius 1 is 0.967 bits per heavy atom. The molecule has 1 saturated heterocycles. The Bertz CT molecular complexity index is 952. The number of nitrogens with one attached hydrogen (secondary N) is 1. The topological polar surface area (TPSA) is 88.2 Å². The van der Waals surface area contributed by atoms with Crippen LogP contribution >= 0.6 is 0 Å². The highest BCUT2D eigenvalue weighted by Gasteiger charge is 2.23. The number of para-hydroxylation sites is 1. The maximum atomic E-state index is 12.9. The van der Waals surface area contributed by atoms with Crippen LogP contribution in [0.15, 0.2) is 42.5 Å². The number of carbonyl (C=O) groups is 3. The van der Waals surface area contributed by atoms with Gasteiger partial charge in [-0.25, -0.2) is 4.79 Å². The standard InChI is InChI=1S/C22H25N3O5/c1-15(26)24-10-12-25(13-11-24)19-9-8-16(22(28)30-3)14-18(19)23-21(27)17-6-4-5-7-20(17)29-2/h4-9,14H,10-13H2,1-3H3,(H,23,27). The smallest absolute Gasteiger partial charge is 0.337 e. The summed E-state index contributed by atoms with van der Waals surface area (Å²) in [6, 6.07) is 12.0. The van der Waals surface area contributed by atoms with Crippen molar-refractivity contribution in [2.24, 2.45) is 0 Å². The van der Waals surface area contributed by atoms with Gasteiger partial charge in [0.25, 0.3) is 5.91 Å². The van der Waals surface area contributed by atoms with Gasteiger partial charge in [-0.05, 0) is 30.3 Å². The zero-order valence-corrected chi connectivity index (χ0v) is 17.3. The average Bonchev–Trinajstić information content (AvgIpc) is 2.78. The van der Waals surface area contributed by atoms with Crippen LogP contribution in [-0.4, -0.2) is 63.1 Å². The van der Waals surface area contributed by atoms with Crippen molar-refractivity contribution < 1.29 is 23.9 Å². The molecule has 2 aromatic carbocycles. The predicted octanol–water partition coefficient (Wildman–Crippen LogP) is 2.40. The van der Waals surface area contributed by atoms with Crippen molar-refractivity contribution >= 4 is 29.2 Å². The second kappa shape index (κ2) is 9.30. The lowest BCUT2D eigenvalue weighted by Gasteiger charge is -2.36. The predicted molar refractivity (Wildman–Crippen MR) is 113 cm³/mol. The van der Waals surface area contributed by atoms with E-state index in [0.29, 0.717) is 48.7 Å². The number of esters is 1. The number of amides is 2. The summed E-state index contributed by atoms with van der Waals surface area (Å²) in [5.74, 6) is -0.343. The Kier molecular flexibility index (Phi) is 6.56. The number of hydrogen-bond acceptors (Lipinski definition) is 6. The molecule has 0 aliphatic carbocycles. The Labute approximate surface area is 175 Å². The van der Waals surface area contributed by atoms with Crippen LogP contribution in [0.25, 0.3) is 0 Å². The highest BCUT2D eigenvalue weighted by molar-refractivity contribution is 6.08. The number of ether oxygens (including phenoxy) is 2. The third kappa shape index (κ3) is 4.53. The summed E-state index contributed by atoms with van der Waals surface area (Å²) in [5.41, 5.74) is 1.98. The first-order valence-electron chi connectivity index (χ1n) is 9.61. The monoisotopic (exact) mass is 411 g/mol. The lowest BCUT2D eigenvalue weighted by atomic mass is 10.1. The highest BCUT2D eigenvalue weighted by Crippen LogP contribution is 2.30. The molecule has 1 aliphatic rings. The molecule has 8 heteroatoms. The van der Waals surface area contributed by atoms with Crippen molar-refractivity contribution in [1.29, 1.82) is 0 Å². The van der Waals surface area contributed by atoms with Crippen LogP contribution in [0.5, 0.6) is 5.75 Å². The van der Waals surface area contributed by atoms with Crippen LogP contribution in [0.3, 0.4) is 0 Å². The summed E-state index contributed by atoms with van der Waals surface area (Å²) < 4.78 is 10.1. The summed E-state index contributed by atoms with van der Waals surface area (Å²) in [6.07, 6.45) is 0. The molecule has 1 N–H and O–H groups in total. The maximum absolute atomic E-state index is 12.9. The molecule has 0 saturated carbocycles. The van der Waals surface area contributed by atoms with E-state index in [1.807, 2.05) is 0 Å². The van der Waals surface area contributed by atoms with Crippen LogP contribution in [0.1, 0.15) is 27.6 Å². The van der Waals surface area contributed by atoms with Crippen molar-refractivity contribution in [2.45, 2.75) is 6.92 Å². The SMILES string of the molecule is COC(=O)c1ccc(N2CCN(C(C)=O)CC2)c(NC(=O)c2ccccc2OC)c1.